The van der Waals surface area contributed by atoms with E-state index in [4.69, 9.17) is 0 Å². The predicted molar refractivity (Wildman–Crippen MR) is 105 cm³/mol. The highest BCUT2D eigenvalue weighted by molar-refractivity contribution is 5.77. The smallest absolute Gasteiger partial charge is 0.222 e. The van der Waals surface area contributed by atoms with Gasteiger partial charge in [0.15, 0.2) is 0 Å². The Morgan fingerprint density at radius 1 is 0.808 bits per heavy atom. The second-order valence-corrected chi connectivity index (χ2v) is 8.86. The molecule has 0 aromatic rings. The SMILES string of the molecule is O=C(CCCCC(=O)N1CCCC2CCCCC21)NCC1CCCCC1. The molecule has 1 saturated heterocycles. The number of likely N-dealkylation sites (tertiary alicyclic amines) is 1. The van der Waals surface area contributed by atoms with Crippen LogP contribution in [0.25, 0.3) is 0 Å². The van der Waals surface area contributed by atoms with Crippen LogP contribution in [0.5, 0.6) is 0 Å². The molecule has 1 aliphatic heterocycles. The summed E-state index contributed by atoms with van der Waals surface area (Å²) < 4.78 is 0. The van der Waals surface area contributed by atoms with Gasteiger partial charge in [-0.3, -0.25) is 9.59 Å². The van der Waals surface area contributed by atoms with E-state index in [1.165, 1.54) is 70.6 Å². The molecule has 26 heavy (non-hydrogen) atoms. The molecule has 4 heteroatoms. The first-order chi connectivity index (χ1) is 12.7. The van der Waals surface area contributed by atoms with Crippen LogP contribution in [-0.4, -0.2) is 35.8 Å². The molecule has 0 aromatic heterocycles. The maximum absolute atomic E-state index is 12.7. The normalized spacial score (nSPS) is 27.0. The van der Waals surface area contributed by atoms with Crippen LogP contribution in [0.3, 0.4) is 0 Å². The van der Waals surface area contributed by atoms with Gasteiger partial charge in [-0.2, -0.15) is 0 Å². The average Bonchev–Trinajstić information content (AvgIpc) is 2.70. The van der Waals surface area contributed by atoms with Crippen LogP contribution >= 0.6 is 0 Å². The molecule has 0 spiro atoms. The van der Waals surface area contributed by atoms with Crippen molar-refractivity contribution in [1.29, 1.82) is 0 Å². The van der Waals surface area contributed by atoms with E-state index < -0.39 is 0 Å². The first-order valence-corrected chi connectivity index (χ1v) is 11.3. The first-order valence-electron chi connectivity index (χ1n) is 11.3. The van der Waals surface area contributed by atoms with Gasteiger partial charge in [0.2, 0.25) is 11.8 Å². The quantitative estimate of drug-likeness (QED) is 0.681. The van der Waals surface area contributed by atoms with Gasteiger partial charge >= 0.3 is 0 Å². The van der Waals surface area contributed by atoms with Crippen LogP contribution in [0.2, 0.25) is 0 Å². The molecule has 2 saturated carbocycles. The summed E-state index contributed by atoms with van der Waals surface area (Å²) in [7, 11) is 0. The van der Waals surface area contributed by atoms with E-state index >= 15 is 0 Å². The van der Waals surface area contributed by atoms with E-state index in [0.717, 1.165) is 31.8 Å². The number of amides is 2. The third kappa shape index (κ3) is 5.72. The van der Waals surface area contributed by atoms with E-state index in [0.29, 0.717) is 30.7 Å². The lowest BCUT2D eigenvalue weighted by molar-refractivity contribution is -0.137. The van der Waals surface area contributed by atoms with Crippen LogP contribution in [0, 0.1) is 11.8 Å². The van der Waals surface area contributed by atoms with E-state index in [-0.39, 0.29) is 5.91 Å². The summed E-state index contributed by atoms with van der Waals surface area (Å²) in [6.45, 7) is 1.82. The van der Waals surface area contributed by atoms with Crippen LogP contribution in [0.1, 0.15) is 96.3 Å². The number of unbranched alkanes of at least 4 members (excludes halogenated alkanes) is 1. The molecule has 148 valence electrons. The molecule has 2 atom stereocenters. The Balaban J connectivity index is 1.29. The molecule has 0 aromatic carbocycles. The molecule has 3 aliphatic rings. The van der Waals surface area contributed by atoms with Crippen molar-refractivity contribution < 1.29 is 9.59 Å². The van der Waals surface area contributed by atoms with E-state index in [9.17, 15) is 9.59 Å². The van der Waals surface area contributed by atoms with Gasteiger partial charge in [-0.25, -0.2) is 0 Å². The zero-order chi connectivity index (χ0) is 18.2. The number of fused-ring (bicyclic) bond motifs is 1. The number of rotatable bonds is 7. The summed E-state index contributed by atoms with van der Waals surface area (Å²) in [4.78, 5) is 26.9. The number of carbonyl (C=O) groups excluding carboxylic acids is 2. The summed E-state index contributed by atoms with van der Waals surface area (Å²) in [5, 5.41) is 3.11. The number of carbonyl (C=O) groups is 2. The zero-order valence-corrected chi connectivity index (χ0v) is 16.5. The highest BCUT2D eigenvalue weighted by atomic mass is 16.2. The van der Waals surface area contributed by atoms with Gasteiger partial charge in [-0.15, -0.1) is 0 Å². The highest BCUT2D eigenvalue weighted by Gasteiger charge is 2.35. The van der Waals surface area contributed by atoms with Gasteiger partial charge in [0, 0.05) is 32.0 Å². The summed E-state index contributed by atoms with van der Waals surface area (Å²) in [6, 6.07) is 0.517. The second kappa shape index (κ2) is 10.3. The van der Waals surface area contributed by atoms with Crippen LogP contribution in [0.15, 0.2) is 0 Å². The van der Waals surface area contributed by atoms with E-state index in [1.807, 2.05) is 0 Å². The molecule has 0 bridgehead atoms. The lowest BCUT2D eigenvalue weighted by atomic mass is 9.78. The number of nitrogens with one attached hydrogen (secondary N) is 1. The molecule has 2 unspecified atom stereocenters. The largest absolute Gasteiger partial charge is 0.356 e. The van der Waals surface area contributed by atoms with Crippen molar-refractivity contribution in [3.8, 4) is 0 Å². The molecule has 3 rings (SSSR count). The fourth-order valence-electron chi connectivity index (χ4n) is 5.38. The van der Waals surface area contributed by atoms with Crippen molar-refractivity contribution in [1.82, 2.24) is 10.2 Å². The lowest BCUT2D eigenvalue weighted by Gasteiger charge is -2.44. The molecule has 2 amide bonds. The molecular formula is C22H38N2O2. The lowest BCUT2D eigenvalue weighted by Crippen LogP contribution is -2.49. The van der Waals surface area contributed by atoms with E-state index in [2.05, 4.69) is 10.2 Å². The van der Waals surface area contributed by atoms with Crippen molar-refractivity contribution in [2.24, 2.45) is 11.8 Å². The van der Waals surface area contributed by atoms with Crippen molar-refractivity contribution in [2.75, 3.05) is 13.1 Å². The molecule has 3 fully saturated rings. The van der Waals surface area contributed by atoms with E-state index in [1.54, 1.807) is 0 Å². The number of nitrogens with zero attached hydrogens (tertiary/aromatic N) is 1. The third-order valence-electron chi connectivity index (χ3n) is 6.92. The van der Waals surface area contributed by atoms with Crippen LogP contribution in [-0.2, 0) is 9.59 Å². The Labute approximate surface area is 159 Å². The van der Waals surface area contributed by atoms with Gasteiger partial charge in [-0.05, 0) is 63.2 Å². The predicted octanol–water partition coefficient (Wildman–Crippen LogP) is 4.42. The van der Waals surface area contributed by atoms with Crippen molar-refractivity contribution in [3.05, 3.63) is 0 Å². The topological polar surface area (TPSA) is 49.4 Å². The van der Waals surface area contributed by atoms with Crippen LogP contribution < -0.4 is 5.32 Å². The molecule has 2 aliphatic carbocycles. The molecule has 1 heterocycles. The molecular weight excluding hydrogens is 324 g/mol. The summed E-state index contributed by atoms with van der Waals surface area (Å²) in [6.07, 6.45) is 17.1. The minimum absolute atomic E-state index is 0.174. The van der Waals surface area contributed by atoms with Crippen molar-refractivity contribution in [2.45, 2.75) is 102 Å². The molecule has 4 nitrogen and oxygen atoms in total. The van der Waals surface area contributed by atoms with Crippen LogP contribution in [0.4, 0.5) is 0 Å². The first kappa shape index (κ1) is 19.7. The third-order valence-corrected chi connectivity index (χ3v) is 6.92. The Morgan fingerprint density at radius 2 is 1.50 bits per heavy atom. The van der Waals surface area contributed by atoms with Gasteiger partial charge in [0.1, 0.15) is 0 Å². The van der Waals surface area contributed by atoms with Gasteiger partial charge < -0.3 is 10.2 Å². The van der Waals surface area contributed by atoms with Gasteiger partial charge in [0.25, 0.3) is 0 Å². The summed E-state index contributed by atoms with van der Waals surface area (Å²) >= 11 is 0. The Hall–Kier alpha value is -1.06. The number of hydrogen-bond acceptors (Lipinski definition) is 2. The summed E-state index contributed by atoms with van der Waals surface area (Å²) in [5.41, 5.74) is 0. The fraction of sp³-hybridized carbons (Fsp3) is 0.909. The molecule has 0 radical (unpaired) electrons. The summed E-state index contributed by atoms with van der Waals surface area (Å²) in [5.74, 6) is 1.96. The van der Waals surface area contributed by atoms with Crippen molar-refractivity contribution >= 4 is 11.8 Å². The molecule has 1 N–H and O–H groups in total. The average molecular weight is 363 g/mol. The maximum atomic E-state index is 12.7. The Bertz CT molecular complexity index is 457. The monoisotopic (exact) mass is 362 g/mol. The van der Waals surface area contributed by atoms with Gasteiger partial charge in [-0.1, -0.05) is 32.1 Å². The van der Waals surface area contributed by atoms with Gasteiger partial charge in [0.05, 0.1) is 0 Å². The Morgan fingerprint density at radius 3 is 2.35 bits per heavy atom. The highest BCUT2D eigenvalue weighted by Crippen LogP contribution is 2.35. The Kier molecular flexibility index (Phi) is 7.82. The fourth-order valence-corrected chi connectivity index (χ4v) is 5.38. The standard InChI is InChI=1S/C22H38N2O2/c25-21(23-17-18-9-2-1-3-10-18)14-6-7-15-22(26)24-16-8-12-19-11-4-5-13-20(19)24/h18-20H,1-17H2,(H,23,25). The van der Waals surface area contributed by atoms with Crippen molar-refractivity contribution in [3.63, 3.8) is 0 Å². The minimum Gasteiger partial charge on any atom is -0.356 e. The number of piperidine rings is 1. The minimum atomic E-state index is 0.174. The second-order valence-electron chi connectivity index (χ2n) is 8.86. The zero-order valence-electron chi connectivity index (χ0n) is 16.5. The number of hydrogen-bond donors (Lipinski definition) is 1. The maximum Gasteiger partial charge on any atom is 0.222 e.